The third-order valence-corrected chi connectivity index (χ3v) is 4.70. The van der Waals surface area contributed by atoms with Crippen LogP contribution in [0.4, 0.5) is 0 Å². The van der Waals surface area contributed by atoms with E-state index in [0.29, 0.717) is 12.0 Å². The van der Waals surface area contributed by atoms with Crippen LogP contribution in [0.25, 0.3) is 10.8 Å². The van der Waals surface area contributed by atoms with Gasteiger partial charge in [0.15, 0.2) is 0 Å². The van der Waals surface area contributed by atoms with Crippen LogP contribution in [0.3, 0.4) is 0 Å². The van der Waals surface area contributed by atoms with Gasteiger partial charge in [0.2, 0.25) is 0 Å². The third-order valence-electron chi connectivity index (χ3n) is 4.70. The molecule has 0 heterocycles. The Hall–Kier alpha value is -3.14. The van der Waals surface area contributed by atoms with Crippen molar-refractivity contribution in [3.63, 3.8) is 0 Å². The monoisotopic (exact) mass is 389 g/mol. The van der Waals surface area contributed by atoms with Crippen LogP contribution in [0, 0.1) is 0 Å². The number of carbonyl (C=O) groups is 2. The molecule has 0 aliphatic rings. The van der Waals surface area contributed by atoms with E-state index in [0.717, 1.165) is 16.3 Å². The quantitative estimate of drug-likeness (QED) is 0.631. The molecule has 0 bridgehead atoms. The van der Waals surface area contributed by atoms with Crippen LogP contribution < -0.4 is 5.32 Å². The lowest BCUT2D eigenvalue weighted by atomic mass is 9.89. The van der Waals surface area contributed by atoms with E-state index in [4.69, 9.17) is 4.74 Å². The molecule has 0 aliphatic heterocycles. The molecule has 3 rings (SSSR count). The highest BCUT2D eigenvalue weighted by Crippen LogP contribution is 2.25. The second-order valence-corrected chi connectivity index (χ2v) is 8.47. The molecule has 0 saturated heterocycles. The lowest BCUT2D eigenvalue weighted by molar-refractivity contribution is -0.162. The fraction of sp³-hybridized carbons (Fsp3) is 0.280. The average molecular weight is 389 g/mol. The zero-order chi connectivity index (χ0) is 21.1. The molecular weight excluding hydrogens is 362 g/mol. The lowest BCUT2D eigenvalue weighted by Gasteiger charge is -2.32. The van der Waals surface area contributed by atoms with Crippen LogP contribution in [0.15, 0.2) is 72.8 Å². The minimum Gasteiger partial charge on any atom is -0.458 e. The fourth-order valence-electron chi connectivity index (χ4n) is 3.30. The van der Waals surface area contributed by atoms with Crippen molar-refractivity contribution in [3.05, 3.63) is 83.9 Å². The maximum absolute atomic E-state index is 13.2. The summed E-state index contributed by atoms with van der Waals surface area (Å²) in [6.07, 6.45) is 0.321. The first-order valence-electron chi connectivity index (χ1n) is 9.76. The summed E-state index contributed by atoms with van der Waals surface area (Å²) in [6.45, 7) is 7.19. The Morgan fingerprint density at radius 1 is 0.828 bits per heavy atom. The van der Waals surface area contributed by atoms with Gasteiger partial charge in [0.1, 0.15) is 11.1 Å². The zero-order valence-electron chi connectivity index (χ0n) is 17.4. The van der Waals surface area contributed by atoms with Crippen LogP contribution in [0.1, 0.15) is 43.6 Å². The van der Waals surface area contributed by atoms with E-state index in [1.807, 2.05) is 69.3 Å². The number of esters is 1. The number of nitrogens with one attached hydrogen (secondary N) is 1. The molecule has 150 valence electrons. The normalized spacial score (nSPS) is 13.5. The van der Waals surface area contributed by atoms with Gasteiger partial charge in [-0.3, -0.25) is 4.79 Å². The predicted octanol–water partition coefficient (Wildman–Crippen LogP) is 4.91. The molecule has 1 N–H and O–H groups in total. The first-order valence-corrected chi connectivity index (χ1v) is 9.76. The minimum atomic E-state index is -1.22. The summed E-state index contributed by atoms with van der Waals surface area (Å²) < 4.78 is 5.67. The molecule has 1 amide bonds. The van der Waals surface area contributed by atoms with Gasteiger partial charge in [-0.25, -0.2) is 4.79 Å². The van der Waals surface area contributed by atoms with E-state index in [2.05, 4.69) is 5.32 Å². The summed E-state index contributed by atoms with van der Waals surface area (Å²) in [5.41, 5.74) is -0.399. The van der Waals surface area contributed by atoms with E-state index >= 15 is 0 Å². The number of hydrogen-bond donors (Lipinski definition) is 1. The summed E-state index contributed by atoms with van der Waals surface area (Å²) in [5, 5.41) is 5.07. The van der Waals surface area contributed by atoms with E-state index < -0.39 is 17.1 Å². The molecule has 29 heavy (non-hydrogen) atoms. The zero-order valence-corrected chi connectivity index (χ0v) is 17.4. The molecule has 3 aromatic rings. The molecule has 0 aromatic heterocycles. The summed E-state index contributed by atoms with van der Waals surface area (Å²) in [5.74, 6) is -0.763. The highest BCUT2D eigenvalue weighted by Gasteiger charge is 2.39. The van der Waals surface area contributed by atoms with Crippen molar-refractivity contribution >= 4 is 22.6 Å². The topological polar surface area (TPSA) is 55.4 Å². The molecule has 3 aromatic carbocycles. The number of amides is 1. The maximum Gasteiger partial charge on any atom is 0.332 e. The van der Waals surface area contributed by atoms with Crippen LogP contribution in [0.2, 0.25) is 0 Å². The molecule has 0 saturated carbocycles. The van der Waals surface area contributed by atoms with Crippen molar-refractivity contribution in [2.75, 3.05) is 0 Å². The molecule has 0 unspecified atom stereocenters. The van der Waals surface area contributed by atoms with Gasteiger partial charge in [0.05, 0.1) is 0 Å². The summed E-state index contributed by atoms with van der Waals surface area (Å²) >= 11 is 0. The number of benzene rings is 3. The van der Waals surface area contributed by atoms with E-state index in [1.165, 1.54) is 0 Å². The molecule has 0 spiro atoms. The first-order chi connectivity index (χ1) is 13.7. The van der Waals surface area contributed by atoms with Crippen molar-refractivity contribution in [1.82, 2.24) is 5.32 Å². The fourth-order valence-corrected chi connectivity index (χ4v) is 3.30. The standard InChI is InChI=1S/C25H27NO3/c1-24(2,3)29-23(28)25(4,26-22(27)19-12-6-5-7-13-19)17-20-15-10-14-18-11-8-9-16-21(18)20/h5-16H,17H2,1-4H3,(H,26,27)/t25-/m0/s1. The minimum absolute atomic E-state index is 0.306. The van der Waals surface area contributed by atoms with Crippen molar-refractivity contribution in [2.24, 2.45) is 0 Å². The van der Waals surface area contributed by atoms with Crippen LogP contribution in [-0.2, 0) is 16.0 Å². The summed E-state index contributed by atoms with van der Waals surface area (Å²) in [7, 11) is 0. The predicted molar refractivity (Wildman–Crippen MR) is 116 cm³/mol. The first kappa shape index (κ1) is 20.6. The van der Waals surface area contributed by atoms with Crippen molar-refractivity contribution in [3.8, 4) is 0 Å². The van der Waals surface area contributed by atoms with Crippen molar-refractivity contribution < 1.29 is 14.3 Å². The molecule has 4 nitrogen and oxygen atoms in total. The van der Waals surface area contributed by atoms with Crippen molar-refractivity contribution in [2.45, 2.75) is 45.3 Å². The highest BCUT2D eigenvalue weighted by atomic mass is 16.6. The lowest BCUT2D eigenvalue weighted by Crippen LogP contribution is -2.56. The number of carbonyl (C=O) groups excluding carboxylic acids is 2. The maximum atomic E-state index is 13.2. The van der Waals surface area contributed by atoms with Gasteiger partial charge in [-0.2, -0.15) is 0 Å². The number of ether oxygens (including phenoxy) is 1. The third kappa shape index (κ3) is 5.02. The van der Waals surface area contributed by atoms with Crippen LogP contribution >= 0.6 is 0 Å². The van der Waals surface area contributed by atoms with E-state index in [9.17, 15) is 9.59 Å². The van der Waals surface area contributed by atoms with E-state index in [-0.39, 0.29) is 5.91 Å². The average Bonchev–Trinajstić information content (AvgIpc) is 2.67. The Balaban J connectivity index is 1.98. The van der Waals surface area contributed by atoms with E-state index in [1.54, 1.807) is 31.2 Å². The van der Waals surface area contributed by atoms with Gasteiger partial charge in [-0.1, -0.05) is 60.7 Å². The highest BCUT2D eigenvalue weighted by molar-refractivity contribution is 5.98. The largest absolute Gasteiger partial charge is 0.458 e. The van der Waals surface area contributed by atoms with Gasteiger partial charge in [0, 0.05) is 12.0 Å². The second kappa shape index (κ2) is 8.08. The second-order valence-electron chi connectivity index (χ2n) is 8.47. The smallest absolute Gasteiger partial charge is 0.332 e. The summed E-state index contributed by atoms with van der Waals surface area (Å²) in [4.78, 5) is 26.0. The Kier molecular flexibility index (Phi) is 5.73. The molecular formula is C25H27NO3. The van der Waals surface area contributed by atoms with Crippen molar-refractivity contribution in [1.29, 1.82) is 0 Å². The number of rotatable bonds is 5. The van der Waals surface area contributed by atoms with Crippen LogP contribution in [-0.4, -0.2) is 23.0 Å². The Bertz CT molecular complexity index is 1020. The Morgan fingerprint density at radius 3 is 2.14 bits per heavy atom. The van der Waals surface area contributed by atoms with Gasteiger partial charge in [-0.15, -0.1) is 0 Å². The SMILES string of the molecule is CC(C)(C)OC(=O)[C@](C)(Cc1cccc2ccccc12)NC(=O)c1ccccc1. The van der Waals surface area contributed by atoms with Gasteiger partial charge in [0.25, 0.3) is 5.91 Å². The number of fused-ring (bicyclic) bond motifs is 1. The van der Waals surface area contributed by atoms with Gasteiger partial charge in [-0.05, 0) is 56.2 Å². The molecule has 0 radical (unpaired) electrons. The molecule has 4 heteroatoms. The summed E-state index contributed by atoms with van der Waals surface area (Å²) in [6, 6.07) is 22.9. The van der Waals surface area contributed by atoms with Gasteiger partial charge >= 0.3 is 5.97 Å². The Morgan fingerprint density at radius 2 is 1.45 bits per heavy atom. The Labute approximate surface area is 171 Å². The molecule has 0 aliphatic carbocycles. The van der Waals surface area contributed by atoms with Crippen LogP contribution in [0.5, 0.6) is 0 Å². The molecule has 1 atom stereocenters. The molecule has 0 fully saturated rings. The number of hydrogen-bond acceptors (Lipinski definition) is 3. The van der Waals surface area contributed by atoms with Gasteiger partial charge < -0.3 is 10.1 Å².